The van der Waals surface area contributed by atoms with Crippen molar-refractivity contribution in [1.29, 1.82) is 0 Å². The number of aliphatic hydroxyl groups is 1. The number of benzene rings is 3. The number of fused-ring (bicyclic) bond motifs is 1. The molecule has 0 radical (unpaired) electrons. The van der Waals surface area contributed by atoms with Crippen LogP contribution in [-0.4, -0.2) is 62.2 Å². The van der Waals surface area contributed by atoms with Crippen molar-refractivity contribution in [2.24, 2.45) is 0 Å². The van der Waals surface area contributed by atoms with E-state index in [1.807, 2.05) is 47.3 Å². The van der Waals surface area contributed by atoms with Gasteiger partial charge in [-0.1, -0.05) is 29.8 Å². The van der Waals surface area contributed by atoms with Gasteiger partial charge in [0.25, 0.3) is 0 Å². The molecule has 5 aromatic rings. The van der Waals surface area contributed by atoms with Crippen LogP contribution in [0.5, 0.6) is 5.75 Å². The zero-order valence-electron chi connectivity index (χ0n) is 24.8. The molecule has 0 saturated carbocycles. The van der Waals surface area contributed by atoms with E-state index in [-0.39, 0.29) is 24.4 Å². The lowest BCUT2D eigenvalue weighted by Crippen LogP contribution is -2.38. The van der Waals surface area contributed by atoms with Gasteiger partial charge < -0.3 is 25.0 Å². The normalized spacial score (nSPS) is 15.7. The molecule has 1 saturated heterocycles. The third-order valence-electron chi connectivity index (χ3n) is 7.77. The Bertz CT molecular complexity index is 1810. The van der Waals surface area contributed by atoms with Gasteiger partial charge in [0.1, 0.15) is 30.3 Å². The van der Waals surface area contributed by atoms with Gasteiger partial charge in [0, 0.05) is 62.6 Å². The minimum Gasteiger partial charge on any atom is -0.487 e. The van der Waals surface area contributed by atoms with E-state index >= 15 is 0 Å². The molecule has 2 unspecified atom stereocenters. The molecule has 3 N–H and O–H groups in total. The van der Waals surface area contributed by atoms with Gasteiger partial charge in [0.2, 0.25) is 5.91 Å². The van der Waals surface area contributed by atoms with Crippen molar-refractivity contribution < 1.29 is 19.0 Å². The number of aromatic nitrogens is 3. The first-order valence-corrected chi connectivity index (χ1v) is 15.2. The average Bonchev–Trinajstić information content (AvgIpc) is 3.65. The highest BCUT2D eigenvalue weighted by Crippen LogP contribution is 2.32. The first kappa shape index (κ1) is 30.5. The van der Waals surface area contributed by atoms with Crippen molar-refractivity contribution in [3.63, 3.8) is 0 Å². The summed E-state index contributed by atoms with van der Waals surface area (Å²) in [6.45, 7) is 4.36. The van der Waals surface area contributed by atoms with Gasteiger partial charge in [-0.15, -0.1) is 0 Å². The standard InChI is InChI=1S/C34H34ClFN6O3/c1-22(43)39-28-10-12-42(17-28)19-29(44)18-41-11-9-25(16-41)24-5-7-32-30(14-24)34(38-21-37-32)40-27-6-8-33(31(35)15-27)45-20-23-3-2-4-26(36)13-23/h2-9,11,13-16,21,28-29,44H,10,12,17-20H2,1H3,(H,39,43)(H,37,38,40). The molecule has 1 aliphatic rings. The van der Waals surface area contributed by atoms with Crippen LogP contribution in [-0.2, 0) is 17.9 Å². The molecule has 6 rings (SSSR count). The van der Waals surface area contributed by atoms with Crippen LogP contribution in [0.15, 0.2) is 85.5 Å². The number of rotatable bonds is 11. The molecule has 1 aliphatic heterocycles. The van der Waals surface area contributed by atoms with Crippen LogP contribution >= 0.6 is 11.6 Å². The summed E-state index contributed by atoms with van der Waals surface area (Å²) in [7, 11) is 0. The summed E-state index contributed by atoms with van der Waals surface area (Å²) in [4.78, 5) is 22.5. The molecule has 3 heterocycles. The fourth-order valence-corrected chi connectivity index (χ4v) is 5.92. The van der Waals surface area contributed by atoms with Crippen molar-refractivity contribution in [3.8, 4) is 16.9 Å². The maximum atomic E-state index is 13.5. The van der Waals surface area contributed by atoms with Crippen LogP contribution < -0.4 is 15.4 Å². The van der Waals surface area contributed by atoms with Gasteiger partial charge in [0.05, 0.1) is 16.6 Å². The smallest absolute Gasteiger partial charge is 0.217 e. The quantitative estimate of drug-likeness (QED) is 0.170. The second-order valence-electron chi connectivity index (χ2n) is 11.3. The molecule has 11 heteroatoms. The number of hydrogen-bond donors (Lipinski definition) is 3. The van der Waals surface area contributed by atoms with Crippen LogP contribution in [0.4, 0.5) is 15.9 Å². The zero-order chi connectivity index (χ0) is 31.3. The van der Waals surface area contributed by atoms with E-state index in [4.69, 9.17) is 16.3 Å². The van der Waals surface area contributed by atoms with Gasteiger partial charge in [-0.3, -0.25) is 9.69 Å². The van der Waals surface area contributed by atoms with Crippen LogP contribution in [0.1, 0.15) is 18.9 Å². The predicted octanol–water partition coefficient (Wildman–Crippen LogP) is 5.78. The number of amides is 1. The van der Waals surface area contributed by atoms with Gasteiger partial charge in [-0.2, -0.15) is 0 Å². The third-order valence-corrected chi connectivity index (χ3v) is 8.06. The van der Waals surface area contributed by atoms with Crippen molar-refractivity contribution in [3.05, 3.63) is 102 Å². The number of likely N-dealkylation sites (tertiary alicyclic amines) is 1. The van der Waals surface area contributed by atoms with E-state index in [0.29, 0.717) is 35.2 Å². The minimum absolute atomic E-state index is 0.0193. The first-order chi connectivity index (χ1) is 21.8. The van der Waals surface area contributed by atoms with Crippen LogP contribution in [0, 0.1) is 5.82 Å². The number of anilines is 2. The molecule has 2 atom stereocenters. The number of aliphatic hydroxyl groups excluding tert-OH is 1. The fourth-order valence-electron chi connectivity index (χ4n) is 5.68. The SMILES string of the molecule is CC(=O)NC1CCN(CC(O)Cn2ccc(-c3ccc4ncnc(Nc5ccc(OCc6cccc(F)c6)c(Cl)c5)c4c3)c2)C1. The summed E-state index contributed by atoms with van der Waals surface area (Å²) in [6.07, 6.45) is 5.86. The van der Waals surface area contributed by atoms with Crippen molar-refractivity contribution >= 4 is 39.9 Å². The molecule has 9 nitrogen and oxygen atoms in total. The number of nitrogens with zero attached hydrogens (tertiary/aromatic N) is 4. The lowest BCUT2D eigenvalue weighted by molar-refractivity contribution is -0.119. The predicted molar refractivity (Wildman–Crippen MR) is 173 cm³/mol. The molecule has 0 spiro atoms. The summed E-state index contributed by atoms with van der Waals surface area (Å²) in [5, 5.41) is 18.3. The maximum absolute atomic E-state index is 13.5. The first-order valence-electron chi connectivity index (χ1n) is 14.8. The number of halogens is 2. The Kier molecular flexibility index (Phi) is 9.25. The van der Waals surface area contributed by atoms with Gasteiger partial charge in [-0.25, -0.2) is 14.4 Å². The molecule has 232 valence electrons. The van der Waals surface area contributed by atoms with E-state index in [0.717, 1.165) is 47.2 Å². The van der Waals surface area contributed by atoms with Gasteiger partial charge >= 0.3 is 0 Å². The van der Waals surface area contributed by atoms with Gasteiger partial charge in [0.15, 0.2) is 0 Å². The third kappa shape index (κ3) is 7.78. The van der Waals surface area contributed by atoms with E-state index < -0.39 is 6.10 Å². The number of carbonyl (C=O) groups is 1. The van der Waals surface area contributed by atoms with Crippen molar-refractivity contribution in [2.75, 3.05) is 25.0 Å². The van der Waals surface area contributed by atoms with Gasteiger partial charge in [-0.05, 0) is 71.6 Å². The number of β-amino-alcohol motifs (C(OH)–C–C–N with tert-alkyl or cyclic N) is 1. The lowest BCUT2D eigenvalue weighted by Gasteiger charge is -2.20. The van der Waals surface area contributed by atoms with Crippen molar-refractivity contribution in [1.82, 2.24) is 24.8 Å². The molecular formula is C34H34ClFN6O3. The summed E-state index contributed by atoms with van der Waals surface area (Å²) in [5.41, 5.74) is 4.22. The Labute approximate surface area is 265 Å². The second-order valence-corrected chi connectivity index (χ2v) is 11.7. The van der Waals surface area contributed by atoms with E-state index in [1.165, 1.54) is 25.4 Å². The van der Waals surface area contributed by atoms with Crippen molar-refractivity contribution in [2.45, 2.75) is 38.6 Å². The zero-order valence-corrected chi connectivity index (χ0v) is 25.5. The Morgan fingerprint density at radius 2 is 2.00 bits per heavy atom. The topological polar surface area (TPSA) is 105 Å². The Hall–Kier alpha value is -4.51. The molecule has 3 aromatic carbocycles. The lowest BCUT2D eigenvalue weighted by atomic mass is 10.1. The highest BCUT2D eigenvalue weighted by Gasteiger charge is 2.24. The summed E-state index contributed by atoms with van der Waals surface area (Å²) < 4.78 is 21.3. The van der Waals surface area contributed by atoms with Crippen LogP contribution in [0.3, 0.4) is 0 Å². The monoisotopic (exact) mass is 628 g/mol. The van der Waals surface area contributed by atoms with Crippen LogP contribution in [0.25, 0.3) is 22.0 Å². The number of carbonyl (C=O) groups excluding carboxylic acids is 1. The van der Waals surface area contributed by atoms with Crippen LogP contribution in [0.2, 0.25) is 5.02 Å². The highest BCUT2D eigenvalue weighted by atomic mass is 35.5. The maximum Gasteiger partial charge on any atom is 0.217 e. The van der Waals surface area contributed by atoms with E-state index in [9.17, 15) is 14.3 Å². The molecule has 0 aliphatic carbocycles. The number of ether oxygens (including phenoxy) is 1. The Morgan fingerprint density at radius 3 is 2.82 bits per heavy atom. The summed E-state index contributed by atoms with van der Waals surface area (Å²) in [6, 6.07) is 19.8. The molecule has 45 heavy (non-hydrogen) atoms. The molecule has 0 bridgehead atoms. The van der Waals surface area contributed by atoms with E-state index in [1.54, 1.807) is 24.3 Å². The van der Waals surface area contributed by atoms with E-state index in [2.05, 4.69) is 25.5 Å². The highest BCUT2D eigenvalue weighted by molar-refractivity contribution is 6.32. The summed E-state index contributed by atoms with van der Waals surface area (Å²) in [5.74, 6) is 0.787. The average molecular weight is 629 g/mol. The summed E-state index contributed by atoms with van der Waals surface area (Å²) >= 11 is 6.52. The molecule has 1 amide bonds. The number of hydrogen-bond acceptors (Lipinski definition) is 7. The number of nitrogens with one attached hydrogen (secondary N) is 2. The molecule has 1 fully saturated rings. The second kappa shape index (κ2) is 13.6. The molecule has 2 aromatic heterocycles. The molecular weight excluding hydrogens is 595 g/mol. The Balaban J connectivity index is 1.11. The largest absolute Gasteiger partial charge is 0.487 e. The Morgan fingerprint density at radius 1 is 1.11 bits per heavy atom. The fraction of sp³-hybridized carbons (Fsp3) is 0.265. The minimum atomic E-state index is -0.535.